The van der Waals surface area contributed by atoms with Gasteiger partial charge >= 0.3 is 5.97 Å². The van der Waals surface area contributed by atoms with Crippen LogP contribution < -0.4 is 10.1 Å². The van der Waals surface area contributed by atoms with Gasteiger partial charge in [-0.3, -0.25) is 15.0 Å². The molecule has 4 rings (SSSR count). The van der Waals surface area contributed by atoms with E-state index in [1.807, 2.05) is 37.4 Å². The van der Waals surface area contributed by atoms with Crippen molar-refractivity contribution in [1.29, 1.82) is 5.41 Å². The second-order valence-corrected chi connectivity index (χ2v) is 9.57. The number of carbonyl (C=O) groups is 2. The van der Waals surface area contributed by atoms with Gasteiger partial charge < -0.3 is 19.4 Å². The number of benzene rings is 1. The van der Waals surface area contributed by atoms with E-state index in [2.05, 4.69) is 5.32 Å². The van der Waals surface area contributed by atoms with Crippen LogP contribution in [0.3, 0.4) is 0 Å². The summed E-state index contributed by atoms with van der Waals surface area (Å²) in [5.74, 6) is 0.144. The van der Waals surface area contributed by atoms with E-state index in [0.29, 0.717) is 29.5 Å². The molecule has 0 bridgehead atoms. The second kappa shape index (κ2) is 9.30. The highest BCUT2D eigenvalue weighted by atomic mass is 32.2. The van der Waals surface area contributed by atoms with Gasteiger partial charge in [0.05, 0.1) is 35.3 Å². The van der Waals surface area contributed by atoms with Gasteiger partial charge in [-0.2, -0.15) is 0 Å². The molecule has 1 atom stereocenters. The summed E-state index contributed by atoms with van der Waals surface area (Å²) in [4.78, 5) is 26.2. The Balaban J connectivity index is 1.69. The second-order valence-electron chi connectivity index (χ2n) is 7.11. The number of carbonyl (C=O) groups excluding carboxylic acids is 2. The van der Waals surface area contributed by atoms with Crippen LogP contribution in [-0.4, -0.2) is 41.7 Å². The van der Waals surface area contributed by atoms with Crippen molar-refractivity contribution in [2.24, 2.45) is 0 Å². The lowest BCUT2D eigenvalue weighted by Gasteiger charge is -2.26. The zero-order valence-electron chi connectivity index (χ0n) is 17.9. The van der Waals surface area contributed by atoms with Crippen LogP contribution in [0, 0.1) is 5.41 Å². The van der Waals surface area contributed by atoms with Crippen LogP contribution in [0.5, 0.6) is 5.75 Å². The Hall–Kier alpha value is -2.91. The van der Waals surface area contributed by atoms with Gasteiger partial charge in [-0.15, -0.1) is 11.8 Å². The van der Waals surface area contributed by atoms with Crippen LogP contribution in [-0.2, 0) is 14.3 Å². The molecule has 0 radical (unpaired) electrons. The first-order valence-electron chi connectivity index (χ1n) is 10.1. The number of para-hydroxylation sites is 2. The molecule has 9 heteroatoms. The lowest BCUT2D eigenvalue weighted by molar-refractivity contribution is -0.139. The van der Waals surface area contributed by atoms with Crippen molar-refractivity contribution in [2.75, 3.05) is 24.8 Å². The molecule has 0 saturated heterocycles. The van der Waals surface area contributed by atoms with Crippen LogP contribution in [0.2, 0.25) is 0 Å². The smallest absolute Gasteiger partial charge is 0.316 e. The molecule has 32 heavy (non-hydrogen) atoms. The maximum atomic E-state index is 13.5. The number of thioether (sulfide) groups is 2. The number of allylic oxidation sites excluding steroid dienone is 2. The van der Waals surface area contributed by atoms with E-state index in [1.165, 1.54) is 23.5 Å². The number of ether oxygens (including phenoxy) is 2. The fourth-order valence-corrected chi connectivity index (χ4v) is 6.28. The van der Waals surface area contributed by atoms with Crippen molar-refractivity contribution in [1.82, 2.24) is 4.57 Å². The van der Waals surface area contributed by atoms with Gasteiger partial charge in [0, 0.05) is 23.0 Å². The van der Waals surface area contributed by atoms with E-state index in [-0.39, 0.29) is 23.5 Å². The summed E-state index contributed by atoms with van der Waals surface area (Å²) in [5.41, 5.74) is 2.79. The molecule has 7 nitrogen and oxygen atoms in total. The van der Waals surface area contributed by atoms with Gasteiger partial charge in [-0.25, -0.2) is 0 Å². The molecule has 2 aliphatic rings. The predicted molar refractivity (Wildman–Crippen MR) is 128 cm³/mol. The summed E-state index contributed by atoms with van der Waals surface area (Å²) in [6, 6.07) is 11.1. The molecule has 0 fully saturated rings. The summed E-state index contributed by atoms with van der Waals surface area (Å²) in [6.45, 7) is 4.00. The largest absolute Gasteiger partial charge is 0.495 e. The molecule has 1 amide bonds. The minimum Gasteiger partial charge on any atom is -0.495 e. The van der Waals surface area contributed by atoms with Crippen LogP contribution in [0.15, 0.2) is 62.9 Å². The Morgan fingerprint density at radius 1 is 1.25 bits per heavy atom. The lowest BCUT2D eigenvalue weighted by atomic mass is 9.89. The number of nitrogens with one attached hydrogen (secondary N) is 2. The number of nitrogens with zero attached hydrogens (tertiary/aromatic N) is 1. The number of methoxy groups -OCH3 is 1. The fraction of sp³-hybridized carbons (Fsp3) is 0.261. The van der Waals surface area contributed by atoms with Crippen molar-refractivity contribution in [3.8, 4) is 5.75 Å². The zero-order chi connectivity index (χ0) is 22.8. The van der Waals surface area contributed by atoms with E-state index in [9.17, 15) is 9.59 Å². The molecular formula is C23H23N3O4S2. The minimum atomic E-state index is -0.377. The van der Waals surface area contributed by atoms with Gasteiger partial charge in [0.25, 0.3) is 5.91 Å². The molecule has 1 aromatic carbocycles. The first-order valence-corrected chi connectivity index (χ1v) is 11.9. The summed E-state index contributed by atoms with van der Waals surface area (Å²) < 4.78 is 13.1. The molecule has 2 aliphatic heterocycles. The predicted octanol–water partition coefficient (Wildman–Crippen LogP) is 4.59. The SMILES string of the molecule is CCOC(=O)CSC1=C2C(=N)n3cccc3C2C(C(=O)Nc2ccccc2OC)=C(C)S1. The average Bonchev–Trinajstić information content (AvgIpc) is 3.36. The maximum Gasteiger partial charge on any atom is 0.316 e. The number of fused-ring (bicyclic) bond motifs is 3. The van der Waals surface area contributed by atoms with E-state index in [4.69, 9.17) is 14.9 Å². The Morgan fingerprint density at radius 3 is 2.78 bits per heavy atom. The molecule has 1 unspecified atom stereocenters. The number of anilines is 1. The molecule has 0 spiro atoms. The van der Waals surface area contributed by atoms with Crippen molar-refractivity contribution in [2.45, 2.75) is 19.8 Å². The van der Waals surface area contributed by atoms with Crippen LogP contribution in [0.1, 0.15) is 25.5 Å². The average molecular weight is 470 g/mol. The first kappa shape index (κ1) is 22.3. The lowest BCUT2D eigenvalue weighted by Crippen LogP contribution is -2.23. The van der Waals surface area contributed by atoms with Crippen molar-refractivity contribution >= 4 is 46.9 Å². The molecule has 0 saturated carbocycles. The third-order valence-corrected chi connectivity index (χ3v) is 7.62. The Morgan fingerprint density at radius 2 is 2.03 bits per heavy atom. The molecule has 3 heterocycles. The highest BCUT2D eigenvalue weighted by Gasteiger charge is 2.43. The van der Waals surface area contributed by atoms with Gasteiger partial charge in [0.1, 0.15) is 11.6 Å². The fourth-order valence-electron chi connectivity index (χ4n) is 3.87. The van der Waals surface area contributed by atoms with Gasteiger partial charge in [0.15, 0.2) is 0 Å². The van der Waals surface area contributed by atoms with Crippen LogP contribution in [0.4, 0.5) is 5.69 Å². The van der Waals surface area contributed by atoms with Crippen LogP contribution >= 0.6 is 23.5 Å². The molecular weight excluding hydrogens is 446 g/mol. The third kappa shape index (κ3) is 3.98. The molecule has 0 aliphatic carbocycles. The van der Waals surface area contributed by atoms with E-state index in [1.54, 1.807) is 30.7 Å². The van der Waals surface area contributed by atoms with Crippen molar-refractivity contribution in [3.05, 3.63) is 68.6 Å². The highest BCUT2D eigenvalue weighted by molar-refractivity contribution is 8.24. The number of rotatable bonds is 7. The third-order valence-electron chi connectivity index (χ3n) is 5.22. The highest BCUT2D eigenvalue weighted by Crippen LogP contribution is 2.53. The van der Waals surface area contributed by atoms with E-state index >= 15 is 0 Å². The zero-order valence-corrected chi connectivity index (χ0v) is 19.6. The standard InChI is InChI=1S/C23H23N3O4S2/c1-4-30-17(27)12-31-23-20-19(15-9-7-11-26(15)21(20)24)18(13(2)32-23)22(28)25-14-8-5-6-10-16(14)29-3/h5-11,19,24H,4,12H2,1-3H3,(H,25,28). The summed E-state index contributed by atoms with van der Waals surface area (Å²) in [6.07, 6.45) is 1.83. The molecule has 2 aromatic rings. The summed E-state index contributed by atoms with van der Waals surface area (Å²) >= 11 is 2.78. The number of esters is 1. The van der Waals surface area contributed by atoms with Gasteiger partial charge in [-0.05, 0) is 43.0 Å². The normalized spacial score (nSPS) is 17.2. The number of hydrogen-bond donors (Lipinski definition) is 2. The van der Waals surface area contributed by atoms with Gasteiger partial charge in [-0.1, -0.05) is 23.9 Å². The summed E-state index contributed by atoms with van der Waals surface area (Å²) in [5, 5.41) is 11.7. The Labute approximate surface area is 194 Å². The van der Waals surface area contributed by atoms with Crippen LogP contribution in [0.25, 0.3) is 0 Å². The van der Waals surface area contributed by atoms with E-state index in [0.717, 1.165) is 20.4 Å². The van der Waals surface area contributed by atoms with Crippen molar-refractivity contribution in [3.63, 3.8) is 0 Å². The minimum absolute atomic E-state index is 0.157. The van der Waals surface area contributed by atoms with E-state index < -0.39 is 0 Å². The first-order chi connectivity index (χ1) is 15.5. The Bertz CT molecular complexity index is 1170. The summed E-state index contributed by atoms with van der Waals surface area (Å²) in [7, 11) is 1.56. The van der Waals surface area contributed by atoms with Crippen molar-refractivity contribution < 1.29 is 19.1 Å². The quantitative estimate of drug-likeness (QED) is 0.576. The topological polar surface area (TPSA) is 93.4 Å². The maximum absolute atomic E-state index is 13.5. The molecule has 2 N–H and O–H groups in total. The molecule has 1 aromatic heterocycles. The monoisotopic (exact) mass is 469 g/mol. The number of hydrogen-bond acceptors (Lipinski definition) is 7. The molecule has 166 valence electrons. The number of aromatic nitrogens is 1. The number of amides is 1. The Kier molecular flexibility index (Phi) is 6.48. The van der Waals surface area contributed by atoms with Gasteiger partial charge in [0.2, 0.25) is 0 Å².